The highest BCUT2D eigenvalue weighted by Gasteiger charge is 2.31. The van der Waals surface area contributed by atoms with Crippen LogP contribution in [0.3, 0.4) is 0 Å². The molecule has 30 heavy (non-hydrogen) atoms. The molecule has 0 saturated carbocycles. The lowest BCUT2D eigenvalue weighted by Gasteiger charge is -2.35. The number of fused-ring (bicyclic) bond motifs is 2. The molecule has 2 aliphatic heterocycles. The van der Waals surface area contributed by atoms with Crippen LogP contribution in [0.2, 0.25) is 0 Å². The Morgan fingerprint density at radius 1 is 1.17 bits per heavy atom. The zero-order valence-corrected chi connectivity index (χ0v) is 16.6. The minimum absolute atomic E-state index is 0.0295. The summed E-state index contributed by atoms with van der Waals surface area (Å²) in [7, 11) is 0. The predicted molar refractivity (Wildman–Crippen MR) is 106 cm³/mol. The third-order valence-corrected chi connectivity index (χ3v) is 5.50. The van der Waals surface area contributed by atoms with E-state index in [1.54, 1.807) is 0 Å². The molecule has 0 spiro atoms. The van der Waals surface area contributed by atoms with Crippen molar-refractivity contribution in [1.82, 2.24) is 4.90 Å². The van der Waals surface area contributed by atoms with Crippen LogP contribution in [0.1, 0.15) is 36.1 Å². The van der Waals surface area contributed by atoms with E-state index in [1.165, 1.54) is 17.7 Å². The van der Waals surface area contributed by atoms with E-state index in [4.69, 9.17) is 9.47 Å². The van der Waals surface area contributed by atoms with Crippen LogP contribution in [0.25, 0.3) is 0 Å². The molecule has 2 aromatic rings. The van der Waals surface area contributed by atoms with Crippen molar-refractivity contribution >= 4 is 11.6 Å². The van der Waals surface area contributed by atoms with Gasteiger partial charge in [-0.1, -0.05) is 6.07 Å². The maximum Gasteiger partial charge on any atom is 0.416 e. The Morgan fingerprint density at radius 2 is 1.90 bits per heavy atom. The van der Waals surface area contributed by atoms with Crippen LogP contribution >= 0.6 is 0 Å². The Morgan fingerprint density at radius 3 is 2.63 bits per heavy atom. The first-order valence-electron chi connectivity index (χ1n) is 9.95. The summed E-state index contributed by atoms with van der Waals surface area (Å²) >= 11 is 0. The number of ether oxygens (including phenoxy) is 2. The van der Waals surface area contributed by atoms with Crippen LogP contribution < -0.4 is 14.8 Å². The second kappa shape index (κ2) is 8.18. The van der Waals surface area contributed by atoms with E-state index in [-0.39, 0.29) is 24.2 Å². The molecule has 0 fully saturated rings. The molecule has 1 amide bonds. The molecule has 160 valence electrons. The zero-order valence-electron chi connectivity index (χ0n) is 16.6. The number of hydrogen-bond acceptors (Lipinski definition) is 4. The summed E-state index contributed by atoms with van der Waals surface area (Å²) < 4.78 is 50.2. The lowest BCUT2D eigenvalue weighted by atomic mass is 9.93. The van der Waals surface area contributed by atoms with E-state index in [9.17, 15) is 18.0 Å². The first kappa shape index (κ1) is 20.5. The highest BCUT2D eigenvalue weighted by atomic mass is 19.4. The van der Waals surface area contributed by atoms with E-state index in [1.807, 2.05) is 24.0 Å². The molecule has 4 rings (SSSR count). The molecule has 1 N–H and O–H groups in total. The quantitative estimate of drug-likeness (QED) is 0.799. The van der Waals surface area contributed by atoms with Crippen molar-refractivity contribution in [2.24, 2.45) is 0 Å². The van der Waals surface area contributed by atoms with Gasteiger partial charge in [0.15, 0.2) is 11.5 Å². The first-order chi connectivity index (χ1) is 14.3. The Hall–Kier alpha value is -2.74. The Labute approximate surface area is 172 Å². The summed E-state index contributed by atoms with van der Waals surface area (Å²) in [5.74, 6) is 1.13. The van der Waals surface area contributed by atoms with Crippen LogP contribution in [-0.4, -0.2) is 37.1 Å². The third-order valence-electron chi connectivity index (χ3n) is 5.50. The maximum absolute atomic E-state index is 12.9. The molecule has 0 radical (unpaired) electrons. The molecule has 0 bridgehead atoms. The molecule has 2 aromatic carbocycles. The van der Waals surface area contributed by atoms with E-state index in [0.717, 1.165) is 36.3 Å². The van der Waals surface area contributed by atoms with Gasteiger partial charge in [-0.15, -0.1) is 0 Å². The van der Waals surface area contributed by atoms with Gasteiger partial charge in [0.2, 0.25) is 5.91 Å². The minimum atomic E-state index is -4.45. The van der Waals surface area contributed by atoms with Gasteiger partial charge in [0.05, 0.1) is 25.3 Å². The molecular formula is C22H23F3N2O3. The van der Waals surface area contributed by atoms with Gasteiger partial charge in [0, 0.05) is 24.7 Å². The van der Waals surface area contributed by atoms with Gasteiger partial charge in [0.25, 0.3) is 0 Å². The number of amides is 1. The van der Waals surface area contributed by atoms with Crippen molar-refractivity contribution in [3.63, 3.8) is 0 Å². The van der Waals surface area contributed by atoms with E-state index >= 15 is 0 Å². The molecule has 0 aromatic heterocycles. The number of benzene rings is 2. The predicted octanol–water partition coefficient (Wildman–Crippen LogP) is 4.42. The van der Waals surface area contributed by atoms with Gasteiger partial charge in [-0.25, -0.2) is 0 Å². The molecular weight excluding hydrogens is 397 g/mol. The smallest absolute Gasteiger partial charge is 0.416 e. The second-order valence-corrected chi connectivity index (χ2v) is 7.57. The fourth-order valence-electron chi connectivity index (χ4n) is 3.90. The summed E-state index contributed by atoms with van der Waals surface area (Å²) in [5.41, 5.74) is 1.60. The standard InChI is InChI=1S/C22H23F3N2O3/c1-14-18-12-20-19(29-8-3-9-30-20)10-15(18)6-7-27(14)13-21(28)26-17-5-2-4-16(11-17)22(23,24)25/h2,4-5,10-12,14H,3,6-9,13H2,1H3,(H,26,28)/t14-/m0/s1. The second-order valence-electron chi connectivity index (χ2n) is 7.57. The largest absolute Gasteiger partial charge is 0.490 e. The molecule has 1 atom stereocenters. The van der Waals surface area contributed by atoms with E-state index in [0.29, 0.717) is 25.5 Å². The summed E-state index contributed by atoms with van der Waals surface area (Å²) in [6.07, 6.45) is -2.86. The molecule has 0 saturated heterocycles. The molecule has 0 unspecified atom stereocenters. The highest BCUT2D eigenvalue weighted by Crippen LogP contribution is 2.39. The molecule has 2 aliphatic rings. The molecule has 0 aliphatic carbocycles. The molecule has 2 heterocycles. The number of nitrogens with zero attached hydrogens (tertiary/aromatic N) is 1. The van der Waals surface area contributed by atoms with Gasteiger partial charge in [-0.2, -0.15) is 13.2 Å². The normalized spacial score (nSPS) is 19.0. The average Bonchev–Trinajstić information content (AvgIpc) is 2.93. The third kappa shape index (κ3) is 4.38. The fraction of sp³-hybridized carbons (Fsp3) is 0.409. The van der Waals surface area contributed by atoms with Gasteiger partial charge in [-0.3, -0.25) is 9.69 Å². The molecule has 5 nitrogen and oxygen atoms in total. The van der Waals surface area contributed by atoms with Crippen molar-refractivity contribution in [3.8, 4) is 11.5 Å². The summed E-state index contributed by atoms with van der Waals surface area (Å²) in [6.45, 7) is 4.00. The Kier molecular flexibility index (Phi) is 5.60. The van der Waals surface area contributed by atoms with Crippen molar-refractivity contribution < 1.29 is 27.4 Å². The Bertz CT molecular complexity index is 946. The zero-order chi connectivity index (χ0) is 21.3. The Balaban J connectivity index is 1.45. The average molecular weight is 420 g/mol. The topological polar surface area (TPSA) is 50.8 Å². The van der Waals surface area contributed by atoms with Crippen LogP contribution in [-0.2, 0) is 17.4 Å². The lowest BCUT2D eigenvalue weighted by Crippen LogP contribution is -2.39. The number of anilines is 1. The number of rotatable bonds is 3. The number of carbonyl (C=O) groups is 1. The van der Waals surface area contributed by atoms with E-state index < -0.39 is 11.7 Å². The van der Waals surface area contributed by atoms with Crippen LogP contribution in [0.15, 0.2) is 36.4 Å². The van der Waals surface area contributed by atoms with E-state index in [2.05, 4.69) is 5.32 Å². The highest BCUT2D eigenvalue weighted by molar-refractivity contribution is 5.92. The summed E-state index contributed by atoms with van der Waals surface area (Å²) in [6, 6.07) is 8.64. The number of carbonyl (C=O) groups excluding carboxylic acids is 1. The van der Waals surface area contributed by atoms with Crippen molar-refractivity contribution in [1.29, 1.82) is 0 Å². The van der Waals surface area contributed by atoms with Crippen molar-refractivity contribution in [3.05, 3.63) is 53.1 Å². The van der Waals surface area contributed by atoms with Crippen molar-refractivity contribution in [2.45, 2.75) is 32.0 Å². The van der Waals surface area contributed by atoms with Crippen LogP contribution in [0.4, 0.5) is 18.9 Å². The minimum Gasteiger partial charge on any atom is -0.490 e. The number of halogens is 3. The number of hydrogen-bond donors (Lipinski definition) is 1. The van der Waals surface area contributed by atoms with Crippen LogP contribution in [0.5, 0.6) is 11.5 Å². The molecule has 8 heteroatoms. The summed E-state index contributed by atoms with van der Waals surface area (Å²) in [5, 5.41) is 2.58. The first-order valence-corrected chi connectivity index (χ1v) is 9.95. The van der Waals surface area contributed by atoms with Gasteiger partial charge >= 0.3 is 6.18 Å². The number of alkyl halides is 3. The van der Waals surface area contributed by atoms with Gasteiger partial charge in [0.1, 0.15) is 0 Å². The fourth-order valence-corrected chi connectivity index (χ4v) is 3.90. The SMILES string of the molecule is C[C@H]1c2cc3c(cc2CCN1CC(=O)Nc1cccc(C(F)(F)F)c1)OCCCO3. The van der Waals surface area contributed by atoms with Gasteiger partial charge in [-0.05, 0) is 54.8 Å². The van der Waals surface area contributed by atoms with Crippen molar-refractivity contribution in [2.75, 3.05) is 31.6 Å². The maximum atomic E-state index is 12.9. The number of nitrogens with one attached hydrogen (secondary N) is 1. The monoisotopic (exact) mass is 420 g/mol. The lowest BCUT2D eigenvalue weighted by molar-refractivity contribution is -0.137. The summed E-state index contributed by atoms with van der Waals surface area (Å²) in [4.78, 5) is 14.5. The van der Waals surface area contributed by atoms with Crippen LogP contribution in [0, 0.1) is 0 Å². The van der Waals surface area contributed by atoms with Gasteiger partial charge < -0.3 is 14.8 Å².